The minimum Gasteiger partial charge on any atom is -0.330 e. The molecule has 0 aliphatic carbocycles. The number of benzene rings is 1. The Balaban J connectivity index is 3.06. The predicted molar refractivity (Wildman–Crippen MR) is 56.2 cm³/mol. The Kier molecular flexibility index (Phi) is 3.88. The zero-order chi connectivity index (χ0) is 9.84. The molecule has 0 aromatic heterocycles. The Morgan fingerprint density at radius 1 is 1.46 bits per heavy atom. The van der Waals surface area contributed by atoms with Gasteiger partial charge in [0.2, 0.25) is 0 Å². The molecule has 13 heavy (non-hydrogen) atoms. The maximum absolute atomic E-state index is 13.3. The van der Waals surface area contributed by atoms with Gasteiger partial charge in [-0.3, -0.25) is 0 Å². The first kappa shape index (κ1) is 10.7. The predicted octanol–water partition coefficient (Wildman–Crippen LogP) is 2.65. The van der Waals surface area contributed by atoms with E-state index in [0.29, 0.717) is 17.4 Å². The minimum atomic E-state index is -0.150. The molecular formula is C10H13BrFN. The lowest BCUT2D eigenvalue weighted by Crippen LogP contribution is -2.04. The van der Waals surface area contributed by atoms with Gasteiger partial charge in [0.25, 0.3) is 0 Å². The monoisotopic (exact) mass is 245 g/mol. The molecule has 0 unspecified atom stereocenters. The van der Waals surface area contributed by atoms with Gasteiger partial charge >= 0.3 is 0 Å². The van der Waals surface area contributed by atoms with Crippen molar-refractivity contribution < 1.29 is 4.39 Å². The van der Waals surface area contributed by atoms with Crippen LogP contribution in [-0.4, -0.2) is 6.54 Å². The highest BCUT2D eigenvalue weighted by Gasteiger charge is 2.06. The van der Waals surface area contributed by atoms with E-state index >= 15 is 0 Å². The van der Waals surface area contributed by atoms with Gasteiger partial charge in [-0.25, -0.2) is 4.39 Å². The second-order valence-corrected chi connectivity index (χ2v) is 3.80. The molecule has 0 saturated heterocycles. The van der Waals surface area contributed by atoms with Crippen LogP contribution in [0.1, 0.15) is 18.1 Å². The van der Waals surface area contributed by atoms with Gasteiger partial charge in [0.05, 0.1) is 4.47 Å². The number of halogens is 2. The van der Waals surface area contributed by atoms with E-state index in [1.807, 2.05) is 13.0 Å². The van der Waals surface area contributed by atoms with Gasteiger partial charge in [-0.2, -0.15) is 0 Å². The SMILES string of the molecule is CCc1cc(CCN)cc(Br)c1F. The van der Waals surface area contributed by atoms with Crippen LogP contribution in [-0.2, 0) is 12.8 Å². The summed E-state index contributed by atoms with van der Waals surface area (Å²) in [6.07, 6.45) is 1.51. The molecule has 1 nitrogen and oxygen atoms in total. The average molecular weight is 246 g/mol. The standard InChI is InChI=1S/C10H13BrFN/c1-2-8-5-7(3-4-13)6-9(11)10(8)12/h5-6H,2-4,13H2,1H3. The van der Waals surface area contributed by atoms with Crippen LogP contribution < -0.4 is 5.73 Å². The smallest absolute Gasteiger partial charge is 0.140 e. The summed E-state index contributed by atoms with van der Waals surface area (Å²) in [5.41, 5.74) is 7.27. The molecule has 1 aromatic carbocycles. The molecule has 0 bridgehead atoms. The van der Waals surface area contributed by atoms with Crippen LogP contribution in [0, 0.1) is 5.82 Å². The fourth-order valence-electron chi connectivity index (χ4n) is 1.28. The van der Waals surface area contributed by atoms with Crippen molar-refractivity contribution in [3.63, 3.8) is 0 Å². The fourth-order valence-corrected chi connectivity index (χ4v) is 1.83. The fraction of sp³-hybridized carbons (Fsp3) is 0.400. The molecule has 0 amide bonds. The van der Waals surface area contributed by atoms with Crippen LogP contribution in [0.5, 0.6) is 0 Å². The highest BCUT2D eigenvalue weighted by Crippen LogP contribution is 2.22. The van der Waals surface area contributed by atoms with Gasteiger partial charge in [-0.15, -0.1) is 0 Å². The third kappa shape index (κ3) is 2.51. The number of nitrogens with two attached hydrogens (primary N) is 1. The second-order valence-electron chi connectivity index (χ2n) is 2.94. The summed E-state index contributed by atoms with van der Waals surface area (Å²) in [4.78, 5) is 0. The Bertz CT molecular complexity index is 299. The second kappa shape index (κ2) is 4.72. The lowest BCUT2D eigenvalue weighted by atomic mass is 10.1. The Labute approximate surface area is 86.3 Å². The Morgan fingerprint density at radius 2 is 2.15 bits per heavy atom. The molecule has 0 atom stereocenters. The summed E-state index contributed by atoms with van der Waals surface area (Å²) in [5, 5.41) is 0. The number of aryl methyl sites for hydroxylation is 1. The molecule has 2 N–H and O–H groups in total. The maximum Gasteiger partial charge on any atom is 0.140 e. The molecule has 3 heteroatoms. The molecule has 0 fully saturated rings. The normalized spacial score (nSPS) is 10.5. The number of hydrogen-bond acceptors (Lipinski definition) is 1. The molecule has 0 aliphatic rings. The lowest BCUT2D eigenvalue weighted by molar-refractivity contribution is 0.604. The quantitative estimate of drug-likeness (QED) is 0.871. The third-order valence-corrected chi connectivity index (χ3v) is 2.55. The molecule has 0 radical (unpaired) electrons. The largest absolute Gasteiger partial charge is 0.330 e. The Hall–Kier alpha value is -0.410. The van der Waals surface area contributed by atoms with E-state index in [-0.39, 0.29) is 5.82 Å². The van der Waals surface area contributed by atoms with Crippen molar-refractivity contribution >= 4 is 15.9 Å². The van der Waals surface area contributed by atoms with E-state index in [1.54, 1.807) is 6.07 Å². The van der Waals surface area contributed by atoms with Crippen LogP contribution in [0.15, 0.2) is 16.6 Å². The Morgan fingerprint density at radius 3 is 2.69 bits per heavy atom. The maximum atomic E-state index is 13.3. The van der Waals surface area contributed by atoms with E-state index in [2.05, 4.69) is 15.9 Å². The first-order chi connectivity index (χ1) is 6.19. The summed E-state index contributed by atoms with van der Waals surface area (Å²) in [6.45, 7) is 2.54. The van der Waals surface area contributed by atoms with Crippen LogP contribution >= 0.6 is 15.9 Å². The van der Waals surface area contributed by atoms with Crippen LogP contribution in [0.2, 0.25) is 0 Å². The van der Waals surface area contributed by atoms with E-state index < -0.39 is 0 Å². The van der Waals surface area contributed by atoms with Crippen molar-refractivity contribution in [1.29, 1.82) is 0 Å². The third-order valence-electron chi connectivity index (χ3n) is 1.98. The highest BCUT2D eigenvalue weighted by atomic mass is 79.9. The topological polar surface area (TPSA) is 26.0 Å². The van der Waals surface area contributed by atoms with Crippen molar-refractivity contribution in [3.8, 4) is 0 Å². The van der Waals surface area contributed by atoms with Crippen LogP contribution in [0.4, 0.5) is 4.39 Å². The average Bonchev–Trinajstić information content (AvgIpc) is 2.11. The first-order valence-corrected chi connectivity index (χ1v) is 5.15. The highest BCUT2D eigenvalue weighted by molar-refractivity contribution is 9.10. The first-order valence-electron chi connectivity index (χ1n) is 4.36. The summed E-state index contributed by atoms with van der Waals surface area (Å²) in [5.74, 6) is -0.150. The minimum absolute atomic E-state index is 0.150. The molecule has 1 rings (SSSR count). The van der Waals surface area contributed by atoms with Gasteiger partial charge < -0.3 is 5.73 Å². The summed E-state index contributed by atoms with van der Waals surface area (Å²) in [6, 6.07) is 3.67. The lowest BCUT2D eigenvalue weighted by Gasteiger charge is -2.06. The van der Waals surface area contributed by atoms with Crippen molar-refractivity contribution in [2.45, 2.75) is 19.8 Å². The van der Waals surface area contributed by atoms with E-state index in [4.69, 9.17) is 5.73 Å². The van der Waals surface area contributed by atoms with Gasteiger partial charge in [0.15, 0.2) is 0 Å². The van der Waals surface area contributed by atoms with E-state index in [9.17, 15) is 4.39 Å². The summed E-state index contributed by atoms with van der Waals surface area (Å²) < 4.78 is 13.9. The van der Waals surface area contributed by atoms with Gasteiger partial charge in [0.1, 0.15) is 5.82 Å². The van der Waals surface area contributed by atoms with Crippen LogP contribution in [0.3, 0.4) is 0 Å². The number of hydrogen-bond donors (Lipinski definition) is 1. The van der Waals surface area contributed by atoms with E-state index in [1.165, 1.54) is 0 Å². The summed E-state index contributed by atoms with van der Waals surface area (Å²) >= 11 is 3.19. The zero-order valence-corrected chi connectivity index (χ0v) is 9.20. The zero-order valence-electron chi connectivity index (χ0n) is 7.61. The van der Waals surface area contributed by atoms with E-state index in [0.717, 1.165) is 17.5 Å². The molecule has 0 heterocycles. The molecule has 0 aliphatic heterocycles. The molecule has 1 aromatic rings. The van der Waals surface area contributed by atoms with Gasteiger partial charge in [0, 0.05) is 0 Å². The number of rotatable bonds is 3. The summed E-state index contributed by atoms with van der Waals surface area (Å²) in [7, 11) is 0. The molecule has 72 valence electrons. The van der Waals surface area contributed by atoms with Crippen LogP contribution in [0.25, 0.3) is 0 Å². The van der Waals surface area contributed by atoms with Crippen molar-refractivity contribution in [2.75, 3.05) is 6.54 Å². The molecular weight excluding hydrogens is 233 g/mol. The van der Waals surface area contributed by atoms with Crippen molar-refractivity contribution in [3.05, 3.63) is 33.5 Å². The van der Waals surface area contributed by atoms with Gasteiger partial charge in [-0.1, -0.05) is 13.0 Å². The molecule has 0 spiro atoms. The van der Waals surface area contributed by atoms with Crippen molar-refractivity contribution in [1.82, 2.24) is 0 Å². The molecule has 0 saturated carbocycles. The van der Waals surface area contributed by atoms with Crippen molar-refractivity contribution in [2.24, 2.45) is 5.73 Å². The van der Waals surface area contributed by atoms with Gasteiger partial charge in [-0.05, 0) is 52.5 Å².